The summed E-state index contributed by atoms with van der Waals surface area (Å²) in [5.74, 6) is -1.15. The van der Waals surface area contributed by atoms with E-state index in [0.717, 1.165) is 11.1 Å². The summed E-state index contributed by atoms with van der Waals surface area (Å²) >= 11 is 12.1. The lowest BCUT2D eigenvalue weighted by atomic mass is 9.83. The third-order valence-corrected chi connectivity index (χ3v) is 6.37. The molecule has 0 saturated carbocycles. The summed E-state index contributed by atoms with van der Waals surface area (Å²) < 4.78 is 16.8. The summed E-state index contributed by atoms with van der Waals surface area (Å²) in [4.78, 5) is 25.0. The number of benzene rings is 2. The Morgan fingerprint density at radius 3 is 2.67 bits per heavy atom. The van der Waals surface area contributed by atoms with Crippen molar-refractivity contribution in [2.45, 2.75) is 19.3 Å². The molecule has 1 amide bonds. The number of allylic oxidation sites excluding steroid dienone is 1. The lowest BCUT2D eigenvalue weighted by Crippen LogP contribution is -2.39. The number of nitrogens with one attached hydrogen (secondary N) is 1. The third kappa shape index (κ3) is 5.24. The molecule has 1 N–H and O–H groups in total. The van der Waals surface area contributed by atoms with Crippen LogP contribution in [0.1, 0.15) is 22.3 Å². The maximum absolute atomic E-state index is 12.7. The largest absolute Gasteiger partial charge is 0.471 e. The van der Waals surface area contributed by atoms with Crippen molar-refractivity contribution in [2.24, 2.45) is 11.8 Å². The first-order chi connectivity index (χ1) is 16.0. The lowest BCUT2D eigenvalue weighted by molar-refractivity contribution is -0.160. The summed E-state index contributed by atoms with van der Waals surface area (Å²) in [5, 5.41) is 3.64. The second-order valence-electron chi connectivity index (χ2n) is 7.82. The second kappa shape index (κ2) is 10.4. The fourth-order valence-electron chi connectivity index (χ4n) is 4.17. The maximum atomic E-state index is 12.7. The molecule has 0 fully saturated rings. The number of ether oxygens (including phenoxy) is 3. The highest BCUT2D eigenvalue weighted by atomic mass is 35.5. The van der Waals surface area contributed by atoms with Gasteiger partial charge in [0.25, 0.3) is 5.91 Å². The molecule has 1 aliphatic carbocycles. The molecule has 0 saturated heterocycles. The maximum Gasteiger partial charge on any atom is 0.337 e. The van der Waals surface area contributed by atoms with E-state index in [4.69, 9.17) is 37.4 Å². The average molecular weight is 488 g/mol. The van der Waals surface area contributed by atoms with Gasteiger partial charge in [-0.25, -0.2) is 4.79 Å². The van der Waals surface area contributed by atoms with Crippen LogP contribution in [0.15, 0.2) is 72.0 Å². The average Bonchev–Trinajstić information content (AvgIpc) is 3.25. The van der Waals surface area contributed by atoms with Crippen LogP contribution in [0.2, 0.25) is 10.0 Å². The number of carbonyl (C=O) groups excluding carboxylic acids is 2. The van der Waals surface area contributed by atoms with Crippen molar-refractivity contribution >= 4 is 35.1 Å². The van der Waals surface area contributed by atoms with Crippen molar-refractivity contribution in [3.63, 3.8) is 0 Å². The van der Waals surface area contributed by atoms with Crippen molar-refractivity contribution in [2.75, 3.05) is 13.7 Å². The Hall–Kier alpha value is -2.80. The van der Waals surface area contributed by atoms with Gasteiger partial charge in [-0.05, 0) is 35.8 Å². The molecule has 0 aromatic heterocycles. The van der Waals surface area contributed by atoms with Crippen LogP contribution in [-0.2, 0) is 25.6 Å². The van der Waals surface area contributed by atoms with Gasteiger partial charge in [0.2, 0.25) is 6.29 Å². The molecule has 172 valence electrons. The predicted molar refractivity (Wildman–Crippen MR) is 125 cm³/mol. The van der Waals surface area contributed by atoms with E-state index in [-0.39, 0.29) is 29.3 Å². The molecule has 0 unspecified atom stereocenters. The summed E-state index contributed by atoms with van der Waals surface area (Å²) in [6, 6.07) is 14.5. The second-order valence-corrected chi connectivity index (χ2v) is 8.66. The Morgan fingerprint density at radius 1 is 1.15 bits per heavy atom. The van der Waals surface area contributed by atoms with Crippen LogP contribution in [0.3, 0.4) is 0 Å². The van der Waals surface area contributed by atoms with Crippen LogP contribution < -0.4 is 5.32 Å². The Kier molecular flexibility index (Phi) is 7.38. The fraction of sp³-hybridized carbons (Fsp3) is 0.280. The standard InChI is InChI=1S/C25H23Cl2NO5/c1-31-24(30)20-14-33-25(32-13-15-5-3-2-4-6-15)22-16(7-9-18(20)22)12-28-23(29)19-10-8-17(26)11-21(19)27/h2-8,10-11,14,18,22,25H,9,12-13H2,1H3,(H,28,29)/t18-,22-,25-/m1/s1. The summed E-state index contributed by atoms with van der Waals surface area (Å²) in [6.45, 7) is 0.623. The summed E-state index contributed by atoms with van der Waals surface area (Å²) in [6.07, 6.45) is 3.47. The van der Waals surface area contributed by atoms with Gasteiger partial charge in [-0.2, -0.15) is 0 Å². The highest BCUT2D eigenvalue weighted by molar-refractivity contribution is 6.36. The fourth-order valence-corrected chi connectivity index (χ4v) is 4.67. The van der Waals surface area contributed by atoms with Crippen LogP contribution in [0.4, 0.5) is 0 Å². The molecular formula is C25H23Cl2NO5. The number of esters is 1. The molecule has 1 heterocycles. The molecule has 33 heavy (non-hydrogen) atoms. The molecule has 2 aromatic carbocycles. The first-order valence-electron chi connectivity index (χ1n) is 10.5. The van der Waals surface area contributed by atoms with Crippen molar-refractivity contribution in [1.82, 2.24) is 5.32 Å². The van der Waals surface area contributed by atoms with Gasteiger partial charge in [0.05, 0.1) is 42.1 Å². The third-order valence-electron chi connectivity index (χ3n) is 5.82. The van der Waals surface area contributed by atoms with Crippen molar-refractivity contribution < 1.29 is 23.8 Å². The molecule has 4 rings (SSSR count). The lowest BCUT2D eigenvalue weighted by Gasteiger charge is -2.35. The van der Waals surface area contributed by atoms with E-state index in [1.807, 2.05) is 36.4 Å². The molecule has 6 nitrogen and oxygen atoms in total. The number of halogens is 2. The van der Waals surface area contributed by atoms with Gasteiger partial charge in [-0.15, -0.1) is 0 Å². The van der Waals surface area contributed by atoms with Crippen LogP contribution in [0, 0.1) is 11.8 Å². The topological polar surface area (TPSA) is 73.9 Å². The SMILES string of the molecule is COC(=O)C1=CO[C@@H](OCc2ccccc2)[C@@H]2C(CNC(=O)c3ccc(Cl)cc3Cl)=CC[C@H]12. The molecule has 0 spiro atoms. The smallest absolute Gasteiger partial charge is 0.337 e. The highest BCUT2D eigenvalue weighted by Crippen LogP contribution is 2.43. The number of fused-ring (bicyclic) bond motifs is 1. The number of rotatable bonds is 7. The first kappa shape index (κ1) is 23.4. The van der Waals surface area contributed by atoms with Crippen molar-refractivity contribution in [1.29, 1.82) is 0 Å². The molecule has 1 aliphatic heterocycles. The van der Waals surface area contributed by atoms with Gasteiger partial charge in [0, 0.05) is 17.5 Å². The van der Waals surface area contributed by atoms with Gasteiger partial charge < -0.3 is 19.5 Å². The van der Waals surface area contributed by atoms with Gasteiger partial charge >= 0.3 is 5.97 Å². The molecule has 3 atom stereocenters. The Morgan fingerprint density at radius 2 is 1.94 bits per heavy atom. The molecule has 2 aromatic rings. The van der Waals surface area contributed by atoms with Gasteiger partial charge in [0.15, 0.2) is 0 Å². The zero-order valence-corrected chi connectivity index (χ0v) is 19.4. The zero-order valence-electron chi connectivity index (χ0n) is 17.9. The minimum Gasteiger partial charge on any atom is -0.471 e. The first-order valence-corrected chi connectivity index (χ1v) is 11.2. The van der Waals surface area contributed by atoms with Crippen LogP contribution in [0.25, 0.3) is 0 Å². The van der Waals surface area contributed by atoms with E-state index >= 15 is 0 Å². The van der Waals surface area contributed by atoms with Crippen molar-refractivity contribution in [3.8, 4) is 0 Å². The van der Waals surface area contributed by atoms with Gasteiger partial charge in [-0.1, -0.05) is 59.6 Å². The normalized spacial score (nSPS) is 21.4. The number of hydrogen-bond donors (Lipinski definition) is 1. The minimum atomic E-state index is -0.603. The number of amides is 1. The molecule has 2 aliphatic rings. The monoisotopic (exact) mass is 487 g/mol. The Bertz CT molecular complexity index is 1100. The van der Waals surface area contributed by atoms with Gasteiger partial charge in [-0.3, -0.25) is 4.79 Å². The van der Waals surface area contributed by atoms with E-state index < -0.39 is 12.3 Å². The van der Waals surface area contributed by atoms with E-state index in [0.29, 0.717) is 29.2 Å². The molecule has 8 heteroatoms. The number of hydrogen-bond acceptors (Lipinski definition) is 5. The summed E-state index contributed by atoms with van der Waals surface area (Å²) in [7, 11) is 1.34. The zero-order chi connectivity index (χ0) is 23.4. The molecule has 0 bridgehead atoms. The Balaban J connectivity index is 1.49. The minimum absolute atomic E-state index is 0.155. The van der Waals surface area contributed by atoms with E-state index in [2.05, 4.69) is 5.32 Å². The van der Waals surface area contributed by atoms with E-state index in [1.165, 1.54) is 19.4 Å². The molecule has 0 radical (unpaired) electrons. The van der Waals surface area contributed by atoms with Gasteiger partial charge in [0.1, 0.15) is 0 Å². The van der Waals surface area contributed by atoms with E-state index in [1.54, 1.807) is 12.1 Å². The van der Waals surface area contributed by atoms with Crippen LogP contribution in [-0.4, -0.2) is 31.8 Å². The quantitative estimate of drug-likeness (QED) is 0.443. The summed E-state index contributed by atoms with van der Waals surface area (Å²) in [5.41, 5.74) is 2.73. The Labute approximate surface area is 202 Å². The number of carbonyl (C=O) groups is 2. The number of methoxy groups -OCH3 is 1. The van der Waals surface area contributed by atoms with Crippen LogP contribution >= 0.6 is 23.2 Å². The predicted octanol–water partition coefficient (Wildman–Crippen LogP) is 4.92. The highest BCUT2D eigenvalue weighted by Gasteiger charge is 2.44. The molecular weight excluding hydrogens is 465 g/mol. The van der Waals surface area contributed by atoms with Crippen molar-refractivity contribution in [3.05, 3.63) is 93.2 Å². The van der Waals surface area contributed by atoms with E-state index in [9.17, 15) is 9.59 Å². The van der Waals surface area contributed by atoms with Crippen LogP contribution in [0.5, 0.6) is 0 Å².